The van der Waals surface area contributed by atoms with Crippen molar-refractivity contribution in [2.45, 2.75) is 13.8 Å². The first kappa shape index (κ1) is 29.3. The van der Waals surface area contributed by atoms with Gasteiger partial charge in [0, 0.05) is 66.4 Å². The number of benzene rings is 1. The minimum atomic E-state index is 0. The fourth-order valence-corrected chi connectivity index (χ4v) is 4.02. The third kappa shape index (κ3) is 7.90. The maximum atomic E-state index is 4.58. The Morgan fingerprint density at radius 2 is 0.659 bits per heavy atom. The molecule has 0 spiro atoms. The van der Waals surface area contributed by atoms with E-state index in [1.165, 1.54) is 0 Å². The van der Waals surface area contributed by atoms with E-state index in [1.807, 2.05) is 98.8 Å². The van der Waals surface area contributed by atoms with Gasteiger partial charge in [0.05, 0.1) is 33.8 Å². The third-order valence-corrected chi connectivity index (χ3v) is 5.98. The molecule has 0 N–H and O–H groups in total. The van der Waals surface area contributed by atoms with Gasteiger partial charge in [-0.2, -0.15) is 0 Å². The van der Waals surface area contributed by atoms with Crippen molar-refractivity contribution in [1.29, 1.82) is 0 Å². The van der Waals surface area contributed by atoms with Gasteiger partial charge in [-0.15, -0.1) is 0 Å². The van der Waals surface area contributed by atoms with Crippen LogP contribution in [0.1, 0.15) is 11.4 Å². The normalized spacial score (nSPS) is 10.0. The molecule has 0 aliphatic rings. The Balaban J connectivity index is 0.000000142. The summed E-state index contributed by atoms with van der Waals surface area (Å²) in [5, 5.41) is 2.30. The number of fused-ring (bicyclic) bond motifs is 3. The molecule has 6 heterocycles. The molecule has 6 nitrogen and oxygen atoms in total. The number of nitrogens with zero attached hydrogens (tertiary/aromatic N) is 6. The zero-order valence-electron chi connectivity index (χ0n) is 22.7. The van der Waals surface area contributed by atoms with Crippen LogP contribution in [0.5, 0.6) is 0 Å². The van der Waals surface area contributed by atoms with Crippen molar-refractivity contribution >= 4 is 21.8 Å². The molecule has 202 valence electrons. The van der Waals surface area contributed by atoms with Gasteiger partial charge in [0.25, 0.3) is 0 Å². The van der Waals surface area contributed by atoms with Gasteiger partial charge in [-0.3, -0.25) is 29.9 Å². The first-order valence-electron chi connectivity index (χ1n) is 13.0. The Morgan fingerprint density at radius 1 is 0.366 bits per heavy atom. The van der Waals surface area contributed by atoms with Gasteiger partial charge >= 0.3 is 0 Å². The Labute approximate surface area is 252 Å². The van der Waals surface area contributed by atoms with Crippen LogP contribution in [0.4, 0.5) is 0 Å². The zero-order valence-corrected chi connectivity index (χ0v) is 24.5. The van der Waals surface area contributed by atoms with Gasteiger partial charge in [0.1, 0.15) is 0 Å². The molecule has 0 aliphatic heterocycles. The number of pyridine rings is 6. The average Bonchev–Trinajstić information content (AvgIpc) is 3.03. The molecule has 0 saturated heterocycles. The van der Waals surface area contributed by atoms with Crippen molar-refractivity contribution in [3.63, 3.8) is 0 Å². The van der Waals surface area contributed by atoms with Gasteiger partial charge in [0.2, 0.25) is 0 Å². The van der Waals surface area contributed by atoms with E-state index in [9.17, 15) is 0 Å². The van der Waals surface area contributed by atoms with E-state index in [-0.39, 0.29) is 19.5 Å². The molecule has 0 amide bonds. The van der Waals surface area contributed by atoms with E-state index in [0.29, 0.717) is 0 Å². The molecule has 0 saturated carbocycles. The summed E-state index contributed by atoms with van der Waals surface area (Å²) in [6, 6.07) is 35.6. The summed E-state index contributed by atoms with van der Waals surface area (Å²) in [5.74, 6) is 0. The van der Waals surface area contributed by atoms with E-state index in [4.69, 9.17) is 0 Å². The van der Waals surface area contributed by atoms with Crippen LogP contribution in [-0.2, 0) is 19.5 Å². The molecule has 0 fully saturated rings. The minimum absolute atomic E-state index is 0. The van der Waals surface area contributed by atoms with E-state index < -0.39 is 0 Å². The number of hydrogen-bond donors (Lipinski definition) is 0. The first-order valence-corrected chi connectivity index (χ1v) is 13.0. The minimum Gasteiger partial charge on any atom is -0.255 e. The summed E-state index contributed by atoms with van der Waals surface area (Å²) in [6.07, 6.45) is 7.07. The summed E-state index contributed by atoms with van der Waals surface area (Å²) >= 11 is 0. The average molecular weight is 622 g/mol. The van der Waals surface area contributed by atoms with Crippen LogP contribution in [0.15, 0.2) is 134 Å². The standard InChI is InChI=1S/C14H12N2.2C10H8N2.Ru/c1-9-3-5-11-7-8-12-6-4-10(2)16-14(12)13(11)15-9;2*1-3-7-11-9(5-1)10-6-2-4-8-12-10;/h3-8H,1-2H3;2*1-8H;. The molecule has 41 heavy (non-hydrogen) atoms. The number of rotatable bonds is 2. The van der Waals surface area contributed by atoms with Crippen molar-refractivity contribution in [1.82, 2.24) is 29.9 Å². The molecule has 0 radical (unpaired) electrons. The monoisotopic (exact) mass is 622 g/mol. The summed E-state index contributed by atoms with van der Waals surface area (Å²) in [7, 11) is 0. The van der Waals surface area contributed by atoms with Crippen LogP contribution >= 0.6 is 0 Å². The van der Waals surface area contributed by atoms with Gasteiger partial charge in [-0.05, 0) is 74.5 Å². The van der Waals surface area contributed by atoms with Gasteiger partial charge in [-0.1, -0.05) is 48.5 Å². The van der Waals surface area contributed by atoms with Gasteiger partial charge in [0.15, 0.2) is 0 Å². The fourth-order valence-electron chi connectivity index (χ4n) is 4.02. The van der Waals surface area contributed by atoms with Crippen LogP contribution in [0.25, 0.3) is 44.6 Å². The predicted octanol–water partition coefficient (Wildman–Crippen LogP) is 7.68. The Kier molecular flexibility index (Phi) is 10.4. The molecule has 0 bridgehead atoms. The Bertz CT molecular complexity index is 1590. The topological polar surface area (TPSA) is 77.3 Å². The largest absolute Gasteiger partial charge is 0.255 e. The third-order valence-electron chi connectivity index (χ3n) is 5.98. The summed E-state index contributed by atoms with van der Waals surface area (Å²) < 4.78 is 0. The van der Waals surface area contributed by atoms with Crippen LogP contribution < -0.4 is 0 Å². The first-order chi connectivity index (χ1) is 19.7. The summed E-state index contributed by atoms with van der Waals surface area (Å²) in [4.78, 5) is 25.9. The number of hydrogen-bond acceptors (Lipinski definition) is 6. The fraction of sp³-hybridized carbons (Fsp3) is 0.0588. The summed E-state index contributed by atoms with van der Waals surface area (Å²) in [5.41, 5.74) is 7.72. The molecule has 1 aromatic carbocycles. The van der Waals surface area contributed by atoms with E-state index in [2.05, 4.69) is 54.2 Å². The molecule has 7 heteroatoms. The smallest absolute Gasteiger partial charge is 0.0967 e. The molecular weight excluding hydrogens is 593 g/mol. The molecule has 6 aromatic heterocycles. The van der Waals surface area contributed by atoms with E-state index in [1.54, 1.807) is 24.8 Å². The molecule has 0 atom stereocenters. The van der Waals surface area contributed by atoms with Crippen molar-refractivity contribution in [3.8, 4) is 22.8 Å². The molecule has 7 aromatic rings. The molecule has 0 aliphatic carbocycles. The molecule has 0 unspecified atom stereocenters. The second-order valence-corrected chi connectivity index (χ2v) is 8.97. The van der Waals surface area contributed by atoms with E-state index in [0.717, 1.165) is 56.0 Å². The van der Waals surface area contributed by atoms with Crippen LogP contribution in [0, 0.1) is 13.8 Å². The van der Waals surface area contributed by atoms with Gasteiger partial charge in [-0.25, -0.2) is 0 Å². The van der Waals surface area contributed by atoms with Gasteiger partial charge < -0.3 is 0 Å². The van der Waals surface area contributed by atoms with E-state index >= 15 is 0 Å². The second kappa shape index (κ2) is 14.6. The van der Waals surface area contributed by atoms with Crippen molar-refractivity contribution in [3.05, 3.63) is 145 Å². The Morgan fingerprint density at radius 3 is 0.927 bits per heavy atom. The van der Waals surface area contributed by atoms with Crippen LogP contribution in [-0.4, -0.2) is 29.9 Å². The van der Waals surface area contributed by atoms with Crippen molar-refractivity contribution in [2.24, 2.45) is 0 Å². The number of aryl methyl sites for hydroxylation is 2. The quantitative estimate of drug-likeness (QED) is 0.146. The zero-order chi connectivity index (χ0) is 27.6. The maximum Gasteiger partial charge on any atom is 0.0967 e. The maximum absolute atomic E-state index is 4.58. The van der Waals surface area contributed by atoms with Crippen LogP contribution in [0.3, 0.4) is 0 Å². The predicted molar refractivity (Wildman–Crippen MR) is 161 cm³/mol. The van der Waals surface area contributed by atoms with Crippen LogP contribution in [0.2, 0.25) is 0 Å². The number of aromatic nitrogens is 6. The van der Waals surface area contributed by atoms with Crippen molar-refractivity contribution in [2.75, 3.05) is 0 Å². The molecular formula is C34H28N6Ru. The molecule has 7 rings (SSSR count). The second-order valence-electron chi connectivity index (χ2n) is 8.97. The SMILES string of the molecule is Cc1ccc2ccc3ccc(C)nc3c2n1.[Ru].c1ccc(-c2ccccn2)nc1.c1ccc(-c2ccccn2)nc1. The Hall–Kier alpha value is -4.74. The van der Waals surface area contributed by atoms with Crippen molar-refractivity contribution < 1.29 is 19.5 Å². The summed E-state index contributed by atoms with van der Waals surface area (Å²) in [6.45, 7) is 4.02.